The van der Waals surface area contributed by atoms with Crippen LogP contribution in [0.3, 0.4) is 0 Å². The molecule has 0 fully saturated rings. The number of carbonyl (C=O) groups excluding carboxylic acids is 2. The van der Waals surface area contributed by atoms with Crippen LogP contribution >= 0.6 is 44.7 Å². The van der Waals surface area contributed by atoms with Crippen molar-refractivity contribution in [2.45, 2.75) is 87.4 Å². The van der Waals surface area contributed by atoms with Crippen molar-refractivity contribution in [1.29, 1.82) is 10.5 Å². The number of esters is 2. The number of halogens is 2. The average molecular weight is 1060 g/mol. The summed E-state index contributed by atoms with van der Waals surface area (Å²) in [7, 11) is 4.34. The number of hydrogen-bond donors (Lipinski definition) is 2. The van der Waals surface area contributed by atoms with Gasteiger partial charge in [0.25, 0.3) is 5.56 Å². The Morgan fingerprint density at radius 2 is 1.06 bits per heavy atom. The number of fused-ring (bicyclic) bond motifs is 6. The number of carbonyl (C=O) groups is 2. The maximum atomic E-state index is 12.1. The molecule has 0 unspecified atom stereocenters. The Balaban J connectivity index is 0.000000805. The molecule has 8 nitrogen and oxygen atoms in total. The topological polar surface area (TPSA) is 136 Å². The van der Waals surface area contributed by atoms with Crippen molar-refractivity contribution >= 4 is 75.0 Å². The molecule has 353 valence electrons. The number of rotatable bonds is 1. The van der Waals surface area contributed by atoms with Crippen molar-refractivity contribution in [3.63, 3.8) is 0 Å². The van der Waals surface area contributed by atoms with E-state index < -0.39 is 11.9 Å². The molecule has 0 saturated heterocycles. The molecule has 0 atom stereocenters. The van der Waals surface area contributed by atoms with Gasteiger partial charge in [-0.05, 0) is 82.9 Å². The predicted octanol–water partition coefficient (Wildman–Crippen LogP) is 15.4. The minimum atomic E-state index is -0.540. The van der Waals surface area contributed by atoms with Gasteiger partial charge in [-0.3, -0.25) is 9.59 Å². The van der Waals surface area contributed by atoms with Crippen LogP contribution in [-0.4, -0.2) is 24.6 Å². The van der Waals surface area contributed by atoms with Gasteiger partial charge in [-0.1, -0.05) is 203 Å². The molecule has 2 heterocycles. The second-order valence-electron chi connectivity index (χ2n) is 13.0. The Bertz CT molecular complexity index is 2740. The number of thiol groups is 1. The van der Waals surface area contributed by atoms with Crippen molar-refractivity contribution in [2.75, 3.05) is 0 Å². The zero-order valence-corrected chi connectivity index (χ0v) is 44.8. The van der Waals surface area contributed by atoms with Crippen molar-refractivity contribution in [3.8, 4) is 23.4 Å². The summed E-state index contributed by atoms with van der Waals surface area (Å²) >= 11 is 9.88. The molecule has 2 aliphatic rings. The second kappa shape index (κ2) is 36.9. The number of pyridine rings is 1. The molecule has 6 aromatic carbocycles. The van der Waals surface area contributed by atoms with Gasteiger partial charge in [-0.15, -0.1) is 0 Å². The van der Waals surface area contributed by atoms with Crippen LogP contribution in [0.4, 0.5) is 0 Å². The van der Waals surface area contributed by atoms with Crippen LogP contribution in [0.2, 0.25) is 0 Å². The molecule has 0 saturated carbocycles. The van der Waals surface area contributed by atoms with E-state index in [-0.39, 0.29) is 12.0 Å². The quantitative estimate of drug-likeness (QED) is 0.0552. The number of cyclic esters (lactones) is 2. The molecule has 0 spiro atoms. The number of H-pyrrole nitrogens is 1. The van der Waals surface area contributed by atoms with Crippen LogP contribution in [0.1, 0.15) is 110 Å². The summed E-state index contributed by atoms with van der Waals surface area (Å²) in [4.78, 5) is 37.0. The summed E-state index contributed by atoms with van der Waals surface area (Å²) in [6.45, 7) is 20.0. The maximum absolute atomic E-state index is 12.1. The normalized spacial score (nSPS) is 10.0. The van der Waals surface area contributed by atoms with Crippen LogP contribution in [0.5, 0.6) is 0 Å². The fraction of sp³-hybridized carbons (Fsp3) is 0.232. The van der Waals surface area contributed by atoms with Gasteiger partial charge in [0, 0.05) is 27.2 Å². The van der Waals surface area contributed by atoms with Gasteiger partial charge < -0.3 is 9.72 Å². The number of ether oxygens (including phenoxy) is 1. The molecule has 7 aromatic rings. The summed E-state index contributed by atoms with van der Waals surface area (Å²) < 4.78 is 8.31. The first kappa shape index (κ1) is 61.8. The molecule has 0 bridgehead atoms. The second-order valence-corrected chi connectivity index (χ2v) is 14.6. The summed E-state index contributed by atoms with van der Waals surface area (Å²) in [5.41, 5.74) is 10.8. The van der Waals surface area contributed by atoms with E-state index in [4.69, 9.17) is 10.5 Å². The Morgan fingerprint density at radius 3 is 1.54 bits per heavy atom. The predicted molar refractivity (Wildman–Crippen MR) is 295 cm³/mol. The number of aromatic amines is 1. The minimum absolute atomic E-state index is 0.000975. The summed E-state index contributed by atoms with van der Waals surface area (Å²) in [5, 5.41) is 19.7. The van der Waals surface area contributed by atoms with Crippen molar-refractivity contribution in [2.24, 2.45) is 4.30 Å². The van der Waals surface area contributed by atoms with Crippen molar-refractivity contribution < 1.29 is 14.3 Å². The summed E-state index contributed by atoms with van der Waals surface area (Å²) in [6.07, 6.45) is 1.10. The monoisotopic (exact) mass is 1060 g/mol. The fourth-order valence-electron chi connectivity index (χ4n) is 6.08. The van der Waals surface area contributed by atoms with E-state index in [1.54, 1.807) is 24.3 Å². The fourth-order valence-corrected chi connectivity index (χ4v) is 6.85. The Labute approximate surface area is 427 Å². The van der Waals surface area contributed by atoms with Gasteiger partial charge in [-0.2, -0.15) is 10.5 Å². The van der Waals surface area contributed by atoms with Crippen LogP contribution in [0.25, 0.3) is 22.0 Å². The molecule has 1 aliphatic heterocycles. The van der Waals surface area contributed by atoms with Gasteiger partial charge in [0.15, 0.2) is 0 Å². The van der Waals surface area contributed by atoms with E-state index in [1.165, 1.54) is 21.2 Å². The molecule has 68 heavy (non-hydrogen) atoms. The number of nitrogens with one attached hydrogen (secondary N) is 1. The van der Waals surface area contributed by atoms with E-state index >= 15 is 0 Å². The summed E-state index contributed by atoms with van der Waals surface area (Å²) in [5.74, 6) is -1.01. The zero-order valence-electron chi connectivity index (χ0n) is 40.7. The van der Waals surface area contributed by atoms with Gasteiger partial charge in [0.2, 0.25) is 0 Å². The van der Waals surface area contributed by atoms with Crippen LogP contribution in [0.15, 0.2) is 159 Å². The number of benzene rings is 6. The third-order valence-electron chi connectivity index (χ3n) is 9.09. The molecule has 1 aliphatic carbocycles. The third kappa shape index (κ3) is 20.0. The zero-order chi connectivity index (χ0) is 51.4. The Hall–Kier alpha value is -6.18. The molecule has 0 amide bonds. The SMILES string of the molecule is CC.CC.CC.CC.Cc1ccccc1Br.Cc1ccccc1C#N.N#Cc1ccccc1CBr.O=C1Cc2ccccc2C(=O)O1.O=c1[nH]c2c(c3ccccc13)Cc1ccccc1-2.[B]=NS. The third-order valence-corrected chi connectivity index (χ3v) is 10.6. The van der Waals surface area contributed by atoms with Gasteiger partial charge in [-0.25, -0.2) is 4.79 Å². The number of alkyl halides is 1. The number of hydrogen-bond acceptors (Lipinski definition) is 8. The number of nitriles is 2. The first-order chi connectivity index (χ1) is 33.1. The number of aromatic nitrogens is 1. The average Bonchev–Trinajstić information content (AvgIpc) is 3.77. The van der Waals surface area contributed by atoms with Crippen LogP contribution < -0.4 is 5.56 Å². The van der Waals surface area contributed by atoms with Crippen LogP contribution in [-0.2, 0) is 27.7 Å². The molecule has 1 N–H and O–H groups in total. The molecule has 9 rings (SSSR count). The van der Waals surface area contributed by atoms with E-state index in [0.717, 1.165) is 61.6 Å². The molecule has 12 heteroatoms. The Kier molecular flexibility index (Phi) is 33.5. The van der Waals surface area contributed by atoms with E-state index in [1.807, 2.05) is 165 Å². The molecular formula is C56H62BBr2N4O4S. The molecule has 1 radical (unpaired) electrons. The molecular weight excluding hydrogens is 995 g/mol. The van der Waals surface area contributed by atoms with Crippen LogP contribution in [0, 0.1) is 36.5 Å². The Morgan fingerprint density at radius 1 is 0.618 bits per heavy atom. The first-order valence-electron chi connectivity index (χ1n) is 22.4. The van der Waals surface area contributed by atoms with E-state index in [9.17, 15) is 14.4 Å². The number of aryl methyl sites for hydroxylation is 2. The number of nitrogens with zero attached hydrogens (tertiary/aromatic N) is 3. The first-order valence-corrected chi connectivity index (χ1v) is 24.7. The van der Waals surface area contributed by atoms with Crippen molar-refractivity contribution in [1.82, 2.24) is 4.98 Å². The van der Waals surface area contributed by atoms with Gasteiger partial charge in [0.1, 0.15) is 0 Å². The van der Waals surface area contributed by atoms with Gasteiger partial charge >= 0.3 is 36.7 Å². The standard InChI is InChI=1S/C16H11NO.C9H6O3.C8H6BrN.C8H7N.C7H7Br.4C2H6.BHNS/c18-16-13-8-4-3-7-12(13)14-9-10-5-1-2-6-11(10)15(14)17-16;10-8-5-6-3-1-2-4-7(6)9(11)12-8;9-5-7-3-1-2-4-8(7)6-10;1-7-4-2-3-5-8(7)6-9;1-6-4-2-3-5-7(6)8;4*1-2;1-2-3/h1-8H,9H2,(H,17,18);1-4H,5H2;1-4H,5H2;2-5H,1H3;2-5H,1H3;4*1-2H3;3H. The van der Waals surface area contributed by atoms with Gasteiger partial charge in [0.05, 0.1) is 40.9 Å². The molecule has 1 aromatic heterocycles. The van der Waals surface area contributed by atoms with E-state index in [0.29, 0.717) is 5.56 Å². The van der Waals surface area contributed by atoms with E-state index in [2.05, 4.69) is 104 Å². The van der Waals surface area contributed by atoms with Crippen molar-refractivity contribution in [3.05, 3.63) is 210 Å². The summed E-state index contributed by atoms with van der Waals surface area (Å²) in [6, 6.07) is 50.5.